The van der Waals surface area contributed by atoms with Crippen molar-refractivity contribution in [2.75, 3.05) is 13.1 Å². The molecule has 2 N–H and O–H groups in total. The number of amides is 2. The van der Waals surface area contributed by atoms with Gasteiger partial charge < -0.3 is 14.4 Å². The van der Waals surface area contributed by atoms with Gasteiger partial charge in [0.25, 0.3) is 0 Å². The molecular weight excluding hydrogens is 618 g/mol. The monoisotopic (exact) mass is 655 g/mol. The first kappa shape index (κ1) is 33.4. The number of rotatable bonds is 14. The van der Waals surface area contributed by atoms with Crippen molar-refractivity contribution in [3.8, 4) is 0 Å². The number of benzene rings is 4. The van der Waals surface area contributed by atoms with Gasteiger partial charge in [-0.2, -0.15) is 0 Å². The number of ketones is 1. The summed E-state index contributed by atoms with van der Waals surface area (Å²) in [5, 5.41) is 11.6. The first-order chi connectivity index (χ1) is 22.5. The first-order valence-electron chi connectivity index (χ1n) is 15.3. The second kappa shape index (κ2) is 14.6. The minimum atomic E-state index is -4.10. The third-order valence-electron chi connectivity index (χ3n) is 7.81. The number of Topliss-reactive ketones (excluding diaryl/α,β-unsaturated/α-hetero) is 1. The third-order valence-corrected chi connectivity index (χ3v) is 9.21. The van der Waals surface area contributed by atoms with Crippen molar-refractivity contribution in [3.63, 3.8) is 0 Å². The average molecular weight is 656 g/mol. The lowest BCUT2D eigenvalue weighted by Crippen LogP contribution is -2.52. The van der Waals surface area contributed by atoms with E-state index in [2.05, 4.69) is 4.72 Å². The number of fused-ring (bicyclic) bond motifs is 3. The molecule has 1 aromatic heterocycles. The van der Waals surface area contributed by atoms with Crippen molar-refractivity contribution in [1.82, 2.24) is 14.5 Å². The standard InChI is InChI=1S/C36H37N3O7S/c1-25(2)19-32(39(36(42)43)23-27-13-7-4-8-14-27)35(41)38(22-26-11-5-3-6-12-26)24-28(40)21-37-47(44,45)29-17-18-34-31(20-29)30-15-9-10-16-33(30)46-34/h3-18,20,25,32,37H,19,21-24H2,1-2H3,(H,42,43). The van der Waals surface area contributed by atoms with Crippen LogP contribution in [0.1, 0.15) is 31.4 Å². The van der Waals surface area contributed by atoms with Gasteiger partial charge in [-0.05, 0) is 47.7 Å². The zero-order valence-corrected chi connectivity index (χ0v) is 27.0. The molecule has 47 heavy (non-hydrogen) atoms. The minimum Gasteiger partial charge on any atom is -0.465 e. The zero-order chi connectivity index (χ0) is 33.6. The van der Waals surface area contributed by atoms with E-state index in [1.165, 1.54) is 17.0 Å². The van der Waals surface area contributed by atoms with E-state index < -0.39 is 46.9 Å². The highest BCUT2D eigenvalue weighted by molar-refractivity contribution is 7.89. The van der Waals surface area contributed by atoms with Crippen molar-refractivity contribution < 1.29 is 32.3 Å². The van der Waals surface area contributed by atoms with Crippen LogP contribution >= 0.6 is 0 Å². The molecule has 10 nitrogen and oxygen atoms in total. The molecule has 0 spiro atoms. The lowest BCUT2D eigenvalue weighted by molar-refractivity contribution is -0.140. The predicted octanol–water partition coefficient (Wildman–Crippen LogP) is 6.06. The Balaban J connectivity index is 1.36. The van der Waals surface area contributed by atoms with Gasteiger partial charge in [0.1, 0.15) is 17.2 Å². The second-order valence-electron chi connectivity index (χ2n) is 11.8. The fraction of sp³-hybridized carbons (Fsp3) is 0.250. The molecule has 0 saturated heterocycles. The van der Waals surface area contributed by atoms with E-state index in [-0.39, 0.29) is 30.3 Å². The Morgan fingerprint density at radius 2 is 1.38 bits per heavy atom. The molecule has 1 unspecified atom stereocenters. The number of hydrogen-bond donors (Lipinski definition) is 2. The molecule has 1 atom stereocenters. The SMILES string of the molecule is CC(C)CC(C(=O)N(CC(=O)CNS(=O)(=O)c1ccc2oc3ccccc3c2c1)Cc1ccccc1)N(Cc1ccccc1)C(=O)O. The molecule has 11 heteroatoms. The van der Waals surface area contributed by atoms with Crippen molar-refractivity contribution >= 4 is 49.7 Å². The Kier molecular flexibility index (Phi) is 10.4. The molecule has 0 saturated carbocycles. The summed E-state index contributed by atoms with van der Waals surface area (Å²) in [7, 11) is -4.10. The molecule has 0 aliphatic carbocycles. The zero-order valence-electron chi connectivity index (χ0n) is 26.2. The molecule has 0 aliphatic heterocycles. The number of carbonyl (C=O) groups is 3. The van der Waals surface area contributed by atoms with Crippen LogP contribution in [-0.4, -0.2) is 60.2 Å². The predicted molar refractivity (Wildman–Crippen MR) is 179 cm³/mol. The van der Waals surface area contributed by atoms with Crippen LogP contribution in [0.2, 0.25) is 0 Å². The van der Waals surface area contributed by atoms with Crippen molar-refractivity contribution in [1.29, 1.82) is 0 Å². The van der Waals surface area contributed by atoms with Gasteiger partial charge >= 0.3 is 6.09 Å². The second-order valence-corrected chi connectivity index (χ2v) is 13.6. The normalized spacial score (nSPS) is 12.3. The Labute approximate surface area is 273 Å². The molecule has 0 fully saturated rings. The van der Waals surface area contributed by atoms with Crippen LogP contribution in [-0.2, 0) is 32.7 Å². The van der Waals surface area contributed by atoms with E-state index in [1.807, 2.05) is 44.2 Å². The number of para-hydroxylation sites is 1. The van der Waals surface area contributed by atoms with Crippen molar-refractivity contribution in [2.24, 2.45) is 5.92 Å². The maximum atomic E-state index is 14.2. The van der Waals surface area contributed by atoms with Crippen LogP contribution in [0.25, 0.3) is 21.9 Å². The van der Waals surface area contributed by atoms with Gasteiger partial charge in [0, 0.05) is 23.9 Å². The molecule has 1 heterocycles. The smallest absolute Gasteiger partial charge is 0.408 e. The van der Waals surface area contributed by atoms with E-state index in [4.69, 9.17) is 4.42 Å². The molecule has 5 aromatic rings. The fourth-order valence-electron chi connectivity index (χ4n) is 5.53. The molecular formula is C36H37N3O7S. The summed E-state index contributed by atoms with van der Waals surface area (Å²) >= 11 is 0. The summed E-state index contributed by atoms with van der Waals surface area (Å²) < 4.78 is 34.7. The first-order valence-corrected chi connectivity index (χ1v) is 16.8. The van der Waals surface area contributed by atoms with Crippen LogP contribution in [0.5, 0.6) is 0 Å². The van der Waals surface area contributed by atoms with Gasteiger partial charge in [0.05, 0.1) is 18.0 Å². The topological polar surface area (TPSA) is 137 Å². The summed E-state index contributed by atoms with van der Waals surface area (Å²) in [6.45, 7) is 2.84. The number of hydrogen-bond acceptors (Lipinski definition) is 6. The lowest BCUT2D eigenvalue weighted by atomic mass is 10.00. The number of carbonyl (C=O) groups excluding carboxylic acids is 2. The maximum absolute atomic E-state index is 14.2. The summed E-state index contributed by atoms with van der Waals surface area (Å²) in [6, 6.07) is 28.8. The Hall–Kier alpha value is -5.00. The summed E-state index contributed by atoms with van der Waals surface area (Å²) in [6.07, 6.45) is -1.02. The van der Waals surface area contributed by atoms with Crippen LogP contribution < -0.4 is 4.72 Å². The summed E-state index contributed by atoms with van der Waals surface area (Å²) in [5.74, 6) is -1.12. The Morgan fingerprint density at radius 1 is 0.787 bits per heavy atom. The van der Waals surface area contributed by atoms with Gasteiger partial charge in [0.15, 0.2) is 5.78 Å². The highest BCUT2D eigenvalue weighted by Crippen LogP contribution is 2.30. The number of nitrogens with zero attached hydrogens (tertiary/aromatic N) is 2. The van der Waals surface area contributed by atoms with E-state index in [0.717, 1.165) is 21.4 Å². The number of furan rings is 1. The maximum Gasteiger partial charge on any atom is 0.408 e. The van der Waals surface area contributed by atoms with E-state index in [0.29, 0.717) is 16.6 Å². The van der Waals surface area contributed by atoms with Crippen molar-refractivity contribution in [2.45, 2.75) is 44.3 Å². The van der Waals surface area contributed by atoms with Gasteiger partial charge in [0.2, 0.25) is 15.9 Å². The Bertz CT molecular complexity index is 1980. The molecule has 0 radical (unpaired) electrons. The largest absolute Gasteiger partial charge is 0.465 e. The van der Waals surface area contributed by atoms with Gasteiger partial charge in [-0.3, -0.25) is 14.5 Å². The fourth-order valence-corrected chi connectivity index (χ4v) is 6.56. The number of sulfonamides is 1. The van der Waals surface area contributed by atoms with E-state index in [9.17, 15) is 27.9 Å². The number of nitrogens with one attached hydrogen (secondary N) is 1. The van der Waals surface area contributed by atoms with Crippen LogP contribution in [0.4, 0.5) is 4.79 Å². The number of carboxylic acid groups (broad SMARTS) is 1. The van der Waals surface area contributed by atoms with Gasteiger partial charge in [-0.25, -0.2) is 17.9 Å². The summed E-state index contributed by atoms with van der Waals surface area (Å²) in [5.41, 5.74) is 2.63. The quantitative estimate of drug-likeness (QED) is 0.148. The Morgan fingerprint density at radius 3 is 2.02 bits per heavy atom. The van der Waals surface area contributed by atoms with Crippen LogP contribution in [0.15, 0.2) is 112 Å². The lowest BCUT2D eigenvalue weighted by Gasteiger charge is -2.34. The highest BCUT2D eigenvalue weighted by atomic mass is 32.2. The minimum absolute atomic E-state index is 0.0114. The van der Waals surface area contributed by atoms with Gasteiger partial charge in [-0.15, -0.1) is 0 Å². The van der Waals surface area contributed by atoms with Gasteiger partial charge in [-0.1, -0.05) is 92.7 Å². The molecule has 5 rings (SSSR count). The van der Waals surface area contributed by atoms with E-state index in [1.54, 1.807) is 60.7 Å². The highest BCUT2D eigenvalue weighted by Gasteiger charge is 2.34. The van der Waals surface area contributed by atoms with Crippen molar-refractivity contribution in [3.05, 3.63) is 114 Å². The third kappa shape index (κ3) is 8.24. The van der Waals surface area contributed by atoms with Crippen LogP contribution in [0, 0.1) is 5.92 Å². The molecule has 0 bridgehead atoms. The molecule has 2 amide bonds. The average Bonchev–Trinajstić information content (AvgIpc) is 3.44. The summed E-state index contributed by atoms with van der Waals surface area (Å²) in [4.78, 5) is 42.5. The molecule has 244 valence electrons. The molecule has 4 aromatic carbocycles. The van der Waals surface area contributed by atoms with Crippen LogP contribution in [0.3, 0.4) is 0 Å². The molecule has 0 aliphatic rings. The van der Waals surface area contributed by atoms with E-state index >= 15 is 0 Å².